The summed E-state index contributed by atoms with van der Waals surface area (Å²) in [5, 5.41) is 2.84. The predicted octanol–water partition coefficient (Wildman–Crippen LogP) is 3.84. The molecule has 2 amide bonds. The zero-order chi connectivity index (χ0) is 24.8. The molecule has 33 heavy (non-hydrogen) atoms. The number of halogens is 3. The van der Waals surface area contributed by atoms with E-state index < -0.39 is 34.3 Å². The summed E-state index contributed by atoms with van der Waals surface area (Å²) >= 11 is 12.2. The predicted molar refractivity (Wildman–Crippen MR) is 128 cm³/mol. The molecule has 0 aliphatic heterocycles. The van der Waals surface area contributed by atoms with Crippen molar-refractivity contribution < 1.29 is 22.4 Å². The molecule has 0 spiro atoms. The third kappa shape index (κ3) is 7.31. The van der Waals surface area contributed by atoms with Crippen molar-refractivity contribution in [2.24, 2.45) is 0 Å². The Balaban J connectivity index is 2.40. The molecule has 0 saturated carbocycles. The van der Waals surface area contributed by atoms with E-state index in [1.807, 2.05) is 6.92 Å². The number of sulfonamides is 1. The minimum atomic E-state index is -3.93. The molecule has 0 fully saturated rings. The smallest absolute Gasteiger partial charge is 0.244 e. The summed E-state index contributed by atoms with van der Waals surface area (Å²) in [5.74, 6) is -1.47. The monoisotopic (exact) mass is 517 g/mol. The van der Waals surface area contributed by atoms with Gasteiger partial charge in [-0.2, -0.15) is 0 Å². The van der Waals surface area contributed by atoms with Crippen LogP contribution in [0.3, 0.4) is 0 Å². The lowest BCUT2D eigenvalue weighted by atomic mass is 10.1. The first-order valence-corrected chi connectivity index (χ1v) is 12.8. The van der Waals surface area contributed by atoms with Crippen molar-refractivity contribution >= 4 is 50.7 Å². The number of nitrogens with one attached hydrogen (secondary N) is 1. The largest absolute Gasteiger partial charge is 0.354 e. The van der Waals surface area contributed by atoms with Gasteiger partial charge in [0.1, 0.15) is 18.4 Å². The highest BCUT2D eigenvalue weighted by atomic mass is 35.5. The molecular formula is C22H26Cl2FN3O4S. The van der Waals surface area contributed by atoms with Crippen LogP contribution < -0.4 is 9.62 Å². The van der Waals surface area contributed by atoms with Crippen molar-refractivity contribution in [3.05, 3.63) is 63.9 Å². The average Bonchev–Trinajstić information content (AvgIpc) is 2.76. The highest BCUT2D eigenvalue weighted by molar-refractivity contribution is 7.92. The van der Waals surface area contributed by atoms with Crippen LogP contribution in [0.5, 0.6) is 0 Å². The molecule has 2 aromatic carbocycles. The van der Waals surface area contributed by atoms with Gasteiger partial charge in [-0.15, -0.1) is 0 Å². The fraction of sp³-hybridized carbons (Fsp3) is 0.364. The fourth-order valence-corrected chi connectivity index (χ4v) is 4.35. The van der Waals surface area contributed by atoms with E-state index in [9.17, 15) is 22.4 Å². The molecule has 1 unspecified atom stereocenters. The highest BCUT2D eigenvalue weighted by Gasteiger charge is 2.31. The van der Waals surface area contributed by atoms with Gasteiger partial charge in [0.15, 0.2) is 0 Å². The van der Waals surface area contributed by atoms with Crippen molar-refractivity contribution in [1.29, 1.82) is 0 Å². The fourth-order valence-electron chi connectivity index (χ4n) is 3.04. The van der Waals surface area contributed by atoms with E-state index in [0.717, 1.165) is 10.6 Å². The van der Waals surface area contributed by atoms with Gasteiger partial charge in [-0.3, -0.25) is 13.9 Å². The van der Waals surface area contributed by atoms with Crippen LogP contribution in [0.2, 0.25) is 10.0 Å². The van der Waals surface area contributed by atoms with Crippen LogP contribution >= 0.6 is 23.2 Å². The number of anilines is 1. The van der Waals surface area contributed by atoms with E-state index in [1.54, 1.807) is 6.92 Å². The highest BCUT2D eigenvalue weighted by Crippen LogP contribution is 2.33. The van der Waals surface area contributed by atoms with Crippen LogP contribution in [0.4, 0.5) is 10.1 Å². The lowest BCUT2D eigenvalue weighted by Gasteiger charge is -2.31. The Morgan fingerprint density at radius 2 is 1.76 bits per heavy atom. The lowest BCUT2D eigenvalue weighted by molar-refractivity contribution is -0.139. The van der Waals surface area contributed by atoms with Gasteiger partial charge in [0.05, 0.1) is 22.0 Å². The molecule has 0 aromatic heterocycles. The third-order valence-corrected chi connectivity index (χ3v) is 6.80. The van der Waals surface area contributed by atoms with Crippen molar-refractivity contribution in [2.45, 2.75) is 32.9 Å². The molecule has 1 N–H and O–H groups in total. The number of hydrogen-bond acceptors (Lipinski definition) is 4. The zero-order valence-electron chi connectivity index (χ0n) is 18.5. The SMILES string of the molecule is CCCNC(=O)C(C)N(Cc1ccc(F)cc1)C(=O)CN(c1cccc(Cl)c1Cl)S(C)(=O)=O. The summed E-state index contributed by atoms with van der Waals surface area (Å²) in [5.41, 5.74) is 0.622. The maximum atomic E-state index is 13.4. The molecule has 1 atom stereocenters. The summed E-state index contributed by atoms with van der Waals surface area (Å²) in [6.45, 7) is 3.23. The van der Waals surface area contributed by atoms with Gasteiger partial charge in [0.25, 0.3) is 0 Å². The second kappa shape index (κ2) is 11.7. The summed E-state index contributed by atoms with van der Waals surface area (Å²) in [6, 6.07) is 9.01. The molecule has 2 rings (SSSR count). The minimum Gasteiger partial charge on any atom is -0.354 e. The van der Waals surface area contributed by atoms with Crippen LogP contribution in [0.15, 0.2) is 42.5 Å². The first kappa shape index (κ1) is 26.9. The van der Waals surface area contributed by atoms with Crippen molar-refractivity contribution in [2.75, 3.05) is 23.7 Å². The molecule has 7 nitrogen and oxygen atoms in total. The van der Waals surface area contributed by atoms with Crippen molar-refractivity contribution in [3.63, 3.8) is 0 Å². The normalized spacial score (nSPS) is 12.2. The molecule has 0 heterocycles. The van der Waals surface area contributed by atoms with E-state index in [1.165, 1.54) is 47.4 Å². The van der Waals surface area contributed by atoms with E-state index >= 15 is 0 Å². The van der Waals surface area contributed by atoms with E-state index in [0.29, 0.717) is 18.5 Å². The molecule has 2 aromatic rings. The summed E-state index contributed by atoms with van der Waals surface area (Å²) in [6.07, 6.45) is 1.65. The van der Waals surface area contributed by atoms with Crippen LogP contribution in [0.25, 0.3) is 0 Å². The number of amides is 2. The Kier molecular flexibility index (Phi) is 9.51. The Morgan fingerprint density at radius 1 is 1.12 bits per heavy atom. The number of nitrogens with zero attached hydrogens (tertiary/aromatic N) is 2. The van der Waals surface area contributed by atoms with Crippen molar-refractivity contribution in [1.82, 2.24) is 10.2 Å². The number of rotatable bonds is 10. The Hall–Kier alpha value is -2.36. The van der Waals surface area contributed by atoms with Crippen LogP contribution in [-0.4, -0.2) is 50.5 Å². The van der Waals surface area contributed by atoms with Gasteiger partial charge in [-0.05, 0) is 43.2 Å². The van der Waals surface area contributed by atoms with E-state index in [4.69, 9.17) is 23.2 Å². The third-order valence-electron chi connectivity index (χ3n) is 4.86. The molecule has 180 valence electrons. The van der Waals surface area contributed by atoms with Crippen LogP contribution in [-0.2, 0) is 26.2 Å². The summed E-state index contributed by atoms with van der Waals surface area (Å²) in [4.78, 5) is 27.2. The maximum Gasteiger partial charge on any atom is 0.244 e. The van der Waals surface area contributed by atoms with E-state index in [2.05, 4.69) is 5.32 Å². The molecule has 11 heteroatoms. The summed E-state index contributed by atoms with van der Waals surface area (Å²) in [7, 11) is -3.93. The average molecular weight is 518 g/mol. The zero-order valence-corrected chi connectivity index (χ0v) is 20.8. The van der Waals surface area contributed by atoms with Crippen molar-refractivity contribution in [3.8, 4) is 0 Å². The van der Waals surface area contributed by atoms with Crippen LogP contribution in [0.1, 0.15) is 25.8 Å². The number of carbonyl (C=O) groups is 2. The van der Waals surface area contributed by atoms with Gasteiger partial charge >= 0.3 is 0 Å². The number of carbonyl (C=O) groups excluding carboxylic acids is 2. The maximum absolute atomic E-state index is 13.4. The number of benzene rings is 2. The second-order valence-corrected chi connectivity index (χ2v) is 10.1. The first-order chi connectivity index (χ1) is 15.5. The molecular weight excluding hydrogens is 492 g/mol. The topological polar surface area (TPSA) is 86.8 Å². The molecule has 0 aliphatic rings. The molecule has 0 radical (unpaired) electrons. The quantitative estimate of drug-likeness (QED) is 0.518. The standard InChI is InChI=1S/C22H26Cl2FN3O4S/c1-4-12-26-22(30)15(2)27(13-16-8-10-17(25)11-9-16)20(29)14-28(33(3,31)32)19-7-5-6-18(23)21(19)24/h5-11,15H,4,12-14H2,1-3H3,(H,26,30). The lowest BCUT2D eigenvalue weighted by Crippen LogP contribution is -2.51. The first-order valence-electron chi connectivity index (χ1n) is 10.2. The van der Waals surface area contributed by atoms with Gasteiger partial charge in [0.2, 0.25) is 21.8 Å². The Morgan fingerprint density at radius 3 is 2.33 bits per heavy atom. The minimum absolute atomic E-state index is 0.0174. The summed E-state index contributed by atoms with van der Waals surface area (Å²) < 4.78 is 39.2. The van der Waals surface area contributed by atoms with Crippen LogP contribution in [0, 0.1) is 5.82 Å². The van der Waals surface area contributed by atoms with Gasteiger partial charge in [-0.25, -0.2) is 12.8 Å². The Labute approximate surface area is 203 Å². The second-order valence-electron chi connectivity index (χ2n) is 7.46. The van der Waals surface area contributed by atoms with Gasteiger partial charge in [0, 0.05) is 13.1 Å². The molecule has 0 aliphatic carbocycles. The van der Waals surface area contributed by atoms with Gasteiger partial charge in [-0.1, -0.05) is 48.3 Å². The van der Waals surface area contributed by atoms with Gasteiger partial charge < -0.3 is 10.2 Å². The molecule has 0 bridgehead atoms. The number of hydrogen-bond donors (Lipinski definition) is 1. The molecule has 0 saturated heterocycles. The Bertz CT molecular complexity index is 1100. The van der Waals surface area contributed by atoms with E-state index in [-0.39, 0.29) is 28.2 Å².